The van der Waals surface area contributed by atoms with Gasteiger partial charge in [-0.1, -0.05) is 58.0 Å². The highest BCUT2D eigenvalue weighted by Gasteiger charge is 2.40. The number of rotatable bonds is 10. The van der Waals surface area contributed by atoms with Gasteiger partial charge in [0.15, 0.2) is 0 Å². The van der Waals surface area contributed by atoms with Crippen molar-refractivity contribution >= 4 is 24.2 Å². The maximum atomic E-state index is 13.1. The number of ether oxygens (including phenoxy) is 1. The van der Waals surface area contributed by atoms with Gasteiger partial charge in [-0.05, 0) is 29.7 Å². The van der Waals surface area contributed by atoms with Gasteiger partial charge in [0.05, 0.1) is 6.04 Å². The van der Waals surface area contributed by atoms with Crippen LogP contribution in [0.1, 0.15) is 46.1 Å². The van der Waals surface area contributed by atoms with E-state index < -0.39 is 29.5 Å². The highest BCUT2D eigenvalue weighted by atomic mass is 16.5. The Labute approximate surface area is 183 Å². The van der Waals surface area contributed by atoms with Crippen molar-refractivity contribution in [3.8, 4) is 0 Å². The van der Waals surface area contributed by atoms with E-state index in [1.54, 1.807) is 0 Å². The van der Waals surface area contributed by atoms with Crippen LogP contribution in [0.15, 0.2) is 30.3 Å². The van der Waals surface area contributed by atoms with Gasteiger partial charge < -0.3 is 25.5 Å². The molecule has 3 N–H and O–H groups in total. The number of nitrogens with one attached hydrogen (secondary N) is 3. The normalized spacial score (nSPS) is 18.1. The molecule has 3 amide bonds. The monoisotopic (exact) mass is 431 g/mol. The van der Waals surface area contributed by atoms with Crippen LogP contribution in [0.4, 0.5) is 4.79 Å². The summed E-state index contributed by atoms with van der Waals surface area (Å²) < 4.78 is 5.28. The molecule has 8 heteroatoms. The third kappa shape index (κ3) is 6.80. The van der Waals surface area contributed by atoms with Crippen molar-refractivity contribution in [3.05, 3.63) is 35.9 Å². The summed E-state index contributed by atoms with van der Waals surface area (Å²) in [5.41, 5.74) is 0.214. The summed E-state index contributed by atoms with van der Waals surface area (Å²) in [5.74, 6) is -0.850. The molecule has 170 valence electrons. The highest BCUT2D eigenvalue weighted by Crippen LogP contribution is 2.31. The molecule has 1 aliphatic heterocycles. The van der Waals surface area contributed by atoms with E-state index in [0.717, 1.165) is 5.56 Å². The standard InChI is InChI=1S/C23H33N3O5/c1-15(2)23(3,4)19(26-22(30)31-14-16-8-6-5-7-9-16)21(29)25-18(13-27)12-17-10-11-24-20(17)28/h5-9,13,15,17-19H,10-12,14H2,1-4H3,(H,24,28)(H,25,29)(H,26,30)/t17-,18-,19?/m0/s1. The summed E-state index contributed by atoms with van der Waals surface area (Å²) in [6, 6.07) is 7.50. The summed E-state index contributed by atoms with van der Waals surface area (Å²) in [6.07, 6.45) is 0.783. The highest BCUT2D eigenvalue weighted by molar-refractivity contribution is 5.88. The van der Waals surface area contributed by atoms with Gasteiger partial charge in [-0.25, -0.2) is 4.79 Å². The molecule has 31 heavy (non-hydrogen) atoms. The Bertz CT molecular complexity index is 779. The summed E-state index contributed by atoms with van der Waals surface area (Å²) in [4.78, 5) is 48.9. The second-order valence-corrected chi connectivity index (χ2v) is 8.88. The molecule has 0 saturated carbocycles. The number of carbonyl (C=O) groups excluding carboxylic acids is 4. The van der Waals surface area contributed by atoms with Crippen molar-refractivity contribution in [2.75, 3.05) is 6.54 Å². The topological polar surface area (TPSA) is 114 Å². The van der Waals surface area contributed by atoms with E-state index >= 15 is 0 Å². The molecule has 1 unspecified atom stereocenters. The zero-order chi connectivity index (χ0) is 23.0. The smallest absolute Gasteiger partial charge is 0.408 e. The van der Waals surface area contributed by atoms with Gasteiger partial charge in [-0.3, -0.25) is 9.59 Å². The minimum atomic E-state index is -0.921. The Morgan fingerprint density at radius 3 is 2.45 bits per heavy atom. The molecule has 1 aromatic rings. The third-order valence-corrected chi connectivity index (χ3v) is 6.16. The Balaban J connectivity index is 2.05. The average molecular weight is 432 g/mol. The summed E-state index contributed by atoms with van der Waals surface area (Å²) in [5, 5.41) is 8.10. The molecule has 2 rings (SSSR count). The molecule has 1 heterocycles. The molecule has 1 fully saturated rings. The summed E-state index contributed by atoms with van der Waals surface area (Å²) in [7, 11) is 0. The van der Waals surface area contributed by atoms with Crippen LogP contribution in [0.3, 0.4) is 0 Å². The maximum Gasteiger partial charge on any atom is 0.408 e. The van der Waals surface area contributed by atoms with Crippen molar-refractivity contribution in [2.24, 2.45) is 17.3 Å². The van der Waals surface area contributed by atoms with E-state index in [2.05, 4.69) is 16.0 Å². The van der Waals surface area contributed by atoms with Crippen LogP contribution in [0.25, 0.3) is 0 Å². The van der Waals surface area contributed by atoms with Gasteiger partial charge in [-0.15, -0.1) is 0 Å². The molecule has 8 nitrogen and oxygen atoms in total. The van der Waals surface area contributed by atoms with Gasteiger partial charge in [-0.2, -0.15) is 0 Å². The molecule has 1 aliphatic rings. The lowest BCUT2D eigenvalue weighted by Crippen LogP contribution is -2.58. The van der Waals surface area contributed by atoms with Crippen LogP contribution in [-0.2, 0) is 25.7 Å². The third-order valence-electron chi connectivity index (χ3n) is 6.16. The fourth-order valence-corrected chi connectivity index (χ4v) is 3.40. The SMILES string of the molecule is CC(C)C(C)(C)C(NC(=O)OCc1ccccc1)C(=O)N[C@H](C=O)C[C@@H]1CCNC1=O. The number of hydrogen-bond donors (Lipinski definition) is 3. The first kappa shape index (κ1) is 24.4. The van der Waals surface area contributed by atoms with Gasteiger partial charge in [0.2, 0.25) is 11.8 Å². The molecule has 3 atom stereocenters. The van der Waals surface area contributed by atoms with Crippen molar-refractivity contribution in [1.82, 2.24) is 16.0 Å². The van der Waals surface area contributed by atoms with Gasteiger partial charge in [0, 0.05) is 12.5 Å². The first-order valence-electron chi connectivity index (χ1n) is 10.7. The van der Waals surface area contributed by atoms with Crippen molar-refractivity contribution in [1.29, 1.82) is 0 Å². The van der Waals surface area contributed by atoms with Crippen molar-refractivity contribution in [3.63, 3.8) is 0 Å². The number of hydrogen-bond acceptors (Lipinski definition) is 5. The Kier molecular flexibility index (Phi) is 8.59. The van der Waals surface area contributed by atoms with Crippen LogP contribution >= 0.6 is 0 Å². The van der Waals surface area contributed by atoms with E-state index in [9.17, 15) is 19.2 Å². The molecule has 0 radical (unpaired) electrons. The molecule has 0 bridgehead atoms. The zero-order valence-electron chi connectivity index (χ0n) is 18.6. The fraction of sp³-hybridized carbons (Fsp3) is 0.565. The Morgan fingerprint density at radius 2 is 1.90 bits per heavy atom. The largest absolute Gasteiger partial charge is 0.445 e. The van der Waals surface area contributed by atoms with Crippen LogP contribution in [0, 0.1) is 17.3 Å². The quantitative estimate of drug-likeness (QED) is 0.492. The second-order valence-electron chi connectivity index (χ2n) is 8.88. The molecule has 1 saturated heterocycles. The Hall–Kier alpha value is -2.90. The van der Waals surface area contributed by atoms with Crippen LogP contribution in [-0.4, -0.2) is 42.8 Å². The fourth-order valence-electron chi connectivity index (χ4n) is 3.40. The lowest BCUT2D eigenvalue weighted by atomic mass is 9.74. The number of carbonyl (C=O) groups is 4. The van der Waals surface area contributed by atoms with E-state index in [4.69, 9.17) is 4.74 Å². The number of alkyl carbamates (subject to hydrolysis) is 1. The summed E-state index contributed by atoms with van der Waals surface area (Å²) >= 11 is 0. The first-order chi connectivity index (χ1) is 14.6. The van der Waals surface area contributed by atoms with E-state index in [0.29, 0.717) is 19.3 Å². The second kappa shape index (κ2) is 10.9. The molecule has 0 aromatic heterocycles. The van der Waals surface area contributed by atoms with Crippen LogP contribution in [0.5, 0.6) is 0 Å². The minimum absolute atomic E-state index is 0.0490. The molecule has 0 spiro atoms. The van der Waals surface area contributed by atoms with Crippen LogP contribution in [0.2, 0.25) is 0 Å². The number of aldehydes is 1. The lowest BCUT2D eigenvalue weighted by Gasteiger charge is -2.37. The van der Waals surface area contributed by atoms with E-state index in [-0.39, 0.29) is 30.8 Å². The first-order valence-corrected chi connectivity index (χ1v) is 10.7. The predicted molar refractivity (Wildman–Crippen MR) is 116 cm³/mol. The molecule has 0 aliphatic carbocycles. The van der Waals surface area contributed by atoms with Crippen LogP contribution < -0.4 is 16.0 Å². The van der Waals surface area contributed by atoms with Gasteiger partial charge in [0.1, 0.15) is 18.9 Å². The van der Waals surface area contributed by atoms with Crippen molar-refractivity contribution < 1.29 is 23.9 Å². The molecular weight excluding hydrogens is 398 g/mol. The summed E-state index contributed by atoms with van der Waals surface area (Å²) in [6.45, 7) is 8.31. The lowest BCUT2D eigenvalue weighted by molar-refractivity contribution is -0.130. The van der Waals surface area contributed by atoms with Gasteiger partial charge in [0.25, 0.3) is 0 Å². The van der Waals surface area contributed by atoms with Crippen molar-refractivity contribution in [2.45, 2.75) is 59.2 Å². The predicted octanol–water partition coefficient (Wildman–Crippen LogP) is 2.17. The van der Waals surface area contributed by atoms with E-state index in [1.165, 1.54) is 0 Å². The van der Waals surface area contributed by atoms with Gasteiger partial charge >= 0.3 is 6.09 Å². The minimum Gasteiger partial charge on any atom is -0.445 e. The maximum absolute atomic E-state index is 13.1. The number of benzene rings is 1. The zero-order valence-corrected chi connectivity index (χ0v) is 18.6. The molecular formula is C23H33N3O5. The number of amides is 3. The Morgan fingerprint density at radius 1 is 1.23 bits per heavy atom. The molecule has 1 aromatic carbocycles. The average Bonchev–Trinajstić information content (AvgIpc) is 3.14. The van der Waals surface area contributed by atoms with E-state index in [1.807, 2.05) is 58.0 Å².